The van der Waals surface area contributed by atoms with Crippen molar-refractivity contribution in [1.82, 2.24) is 0 Å². The molecule has 0 unspecified atom stereocenters. The summed E-state index contributed by atoms with van der Waals surface area (Å²) in [5.41, 5.74) is 0.912. The normalized spacial score (nSPS) is 10.5. The number of carbonyl (C=O) groups is 1. The molecule has 0 spiro atoms. The largest absolute Gasteiger partial charge is 0.478 e. The lowest BCUT2D eigenvalue weighted by atomic mass is 10.1. The minimum atomic E-state index is -1.01. The Bertz CT molecular complexity index is 641. The van der Waals surface area contributed by atoms with Crippen molar-refractivity contribution in [3.05, 3.63) is 59.2 Å². The van der Waals surface area contributed by atoms with E-state index in [0.717, 1.165) is 28.3 Å². The summed E-state index contributed by atoms with van der Waals surface area (Å²) < 4.78 is 26.3. The first-order valence-corrected chi connectivity index (χ1v) is 6.26. The van der Waals surface area contributed by atoms with E-state index < -0.39 is 17.6 Å². The molecule has 2 aromatic carbocycles. The van der Waals surface area contributed by atoms with Gasteiger partial charge in [-0.15, -0.1) is 0 Å². The fourth-order valence-corrected chi connectivity index (χ4v) is 2.46. The summed E-state index contributed by atoms with van der Waals surface area (Å²) in [6, 6.07) is 7.97. The standard InChI is InChI=1S/C14H10F2O2S/c1-8-6-9(14(17)18)2-4-12(8)19-13-5-3-10(15)7-11(13)16/h2-7H,1H3,(H,17,18). The van der Waals surface area contributed by atoms with Gasteiger partial charge in [-0.25, -0.2) is 13.6 Å². The lowest BCUT2D eigenvalue weighted by molar-refractivity contribution is 0.0696. The number of hydrogen-bond donors (Lipinski definition) is 1. The van der Waals surface area contributed by atoms with E-state index in [1.54, 1.807) is 13.0 Å². The Hall–Kier alpha value is -1.88. The van der Waals surface area contributed by atoms with Crippen LogP contribution < -0.4 is 0 Å². The zero-order chi connectivity index (χ0) is 14.0. The number of rotatable bonds is 3. The molecule has 0 bridgehead atoms. The highest BCUT2D eigenvalue weighted by Gasteiger charge is 2.10. The molecule has 0 aliphatic rings. The van der Waals surface area contributed by atoms with Crippen molar-refractivity contribution in [2.75, 3.05) is 0 Å². The van der Waals surface area contributed by atoms with Crippen molar-refractivity contribution in [3.8, 4) is 0 Å². The summed E-state index contributed by atoms with van der Waals surface area (Å²) in [4.78, 5) is 11.8. The Morgan fingerprint density at radius 2 is 1.79 bits per heavy atom. The number of hydrogen-bond acceptors (Lipinski definition) is 2. The smallest absolute Gasteiger partial charge is 0.335 e. The topological polar surface area (TPSA) is 37.3 Å². The summed E-state index contributed by atoms with van der Waals surface area (Å²) in [7, 11) is 0. The Kier molecular flexibility index (Phi) is 3.85. The third-order valence-electron chi connectivity index (χ3n) is 2.54. The van der Waals surface area contributed by atoms with E-state index in [2.05, 4.69) is 0 Å². The lowest BCUT2D eigenvalue weighted by Crippen LogP contribution is -1.96. The third kappa shape index (κ3) is 3.12. The monoisotopic (exact) mass is 280 g/mol. The van der Waals surface area contributed by atoms with Crippen molar-refractivity contribution < 1.29 is 18.7 Å². The summed E-state index contributed by atoms with van der Waals surface area (Å²) in [6.07, 6.45) is 0. The first-order valence-electron chi connectivity index (χ1n) is 5.44. The highest BCUT2D eigenvalue weighted by molar-refractivity contribution is 7.99. The number of benzene rings is 2. The molecule has 98 valence electrons. The molecule has 0 aliphatic heterocycles. The molecule has 0 atom stereocenters. The Morgan fingerprint density at radius 3 is 2.37 bits per heavy atom. The van der Waals surface area contributed by atoms with Crippen LogP contribution in [0.15, 0.2) is 46.2 Å². The molecule has 2 rings (SSSR count). The Morgan fingerprint density at radius 1 is 1.11 bits per heavy atom. The number of aryl methyl sites for hydroxylation is 1. The molecule has 1 N–H and O–H groups in total. The molecular weight excluding hydrogens is 270 g/mol. The van der Waals surface area contributed by atoms with Crippen molar-refractivity contribution in [2.24, 2.45) is 0 Å². The molecule has 0 fully saturated rings. The average Bonchev–Trinajstić information content (AvgIpc) is 2.34. The first kappa shape index (κ1) is 13.5. The van der Waals surface area contributed by atoms with Gasteiger partial charge in [0.2, 0.25) is 0 Å². The molecule has 2 aromatic rings. The van der Waals surface area contributed by atoms with Gasteiger partial charge in [-0.1, -0.05) is 11.8 Å². The number of aromatic carboxylic acids is 1. The van der Waals surface area contributed by atoms with Crippen LogP contribution in [0.3, 0.4) is 0 Å². The number of carboxylic acids is 1. The van der Waals surface area contributed by atoms with Gasteiger partial charge in [-0.05, 0) is 42.8 Å². The zero-order valence-corrected chi connectivity index (χ0v) is 10.8. The van der Waals surface area contributed by atoms with Crippen LogP contribution in [-0.4, -0.2) is 11.1 Å². The molecule has 0 aromatic heterocycles. The molecule has 0 aliphatic carbocycles. The molecule has 0 saturated heterocycles. The predicted molar refractivity (Wildman–Crippen MR) is 68.6 cm³/mol. The van der Waals surface area contributed by atoms with Crippen LogP contribution in [0.2, 0.25) is 0 Å². The minimum Gasteiger partial charge on any atom is -0.478 e. The average molecular weight is 280 g/mol. The van der Waals surface area contributed by atoms with Crippen LogP contribution in [-0.2, 0) is 0 Å². The summed E-state index contributed by atoms with van der Waals surface area (Å²) >= 11 is 1.14. The number of carboxylic acid groups (broad SMARTS) is 1. The molecule has 0 radical (unpaired) electrons. The van der Waals surface area contributed by atoms with E-state index in [1.807, 2.05) is 0 Å². The second kappa shape index (κ2) is 5.40. The van der Waals surface area contributed by atoms with Crippen LogP contribution in [0.25, 0.3) is 0 Å². The molecule has 0 saturated carbocycles. The quantitative estimate of drug-likeness (QED) is 0.918. The second-order valence-electron chi connectivity index (χ2n) is 3.96. The second-order valence-corrected chi connectivity index (χ2v) is 5.05. The van der Waals surface area contributed by atoms with Crippen LogP contribution in [0.5, 0.6) is 0 Å². The van der Waals surface area contributed by atoms with Gasteiger partial charge in [-0.3, -0.25) is 0 Å². The van der Waals surface area contributed by atoms with E-state index in [4.69, 9.17) is 5.11 Å². The third-order valence-corrected chi connectivity index (χ3v) is 3.76. The van der Waals surface area contributed by atoms with Gasteiger partial charge in [0, 0.05) is 15.9 Å². The number of halogens is 2. The predicted octanol–water partition coefficient (Wildman–Crippen LogP) is 4.12. The van der Waals surface area contributed by atoms with Crippen LogP contribution >= 0.6 is 11.8 Å². The molecular formula is C14H10F2O2S. The maximum atomic E-state index is 13.5. The van der Waals surface area contributed by atoms with E-state index in [9.17, 15) is 13.6 Å². The summed E-state index contributed by atoms with van der Waals surface area (Å²) in [6.45, 7) is 1.75. The van der Waals surface area contributed by atoms with E-state index >= 15 is 0 Å². The zero-order valence-electron chi connectivity index (χ0n) is 9.98. The van der Waals surface area contributed by atoms with Gasteiger partial charge < -0.3 is 5.11 Å². The molecule has 0 heterocycles. The van der Waals surface area contributed by atoms with Crippen LogP contribution in [0, 0.1) is 18.6 Å². The van der Waals surface area contributed by atoms with Gasteiger partial charge in [0.1, 0.15) is 11.6 Å². The van der Waals surface area contributed by atoms with Gasteiger partial charge in [0.05, 0.1) is 5.56 Å². The van der Waals surface area contributed by atoms with Gasteiger partial charge in [0.15, 0.2) is 0 Å². The SMILES string of the molecule is Cc1cc(C(=O)O)ccc1Sc1ccc(F)cc1F. The summed E-state index contributed by atoms with van der Waals surface area (Å²) in [5.74, 6) is -2.26. The van der Waals surface area contributed by atoms with Crippen LogP contribution in [0.4, 0.5) is 8.78 Å². The fraction of sp³-hybridized carbons (Fsp3) is 0.0714. The maximum absolute atomic E-state index is 13.5. The van der Waals surface area contributed by atoms with Crippen molar-refractivity contribution >= 4 is 17.7 Å². The first-order chi connectivity index (χ1) is 8.97. The molecule has 19 heavy (non-hydrogen) atoms. The fourth-order valence-electron chi connectivity index (χ4n) is 1.57. The van der Waals surface area contributed by atoms with Crippen molar-refractivity contribution in [1.29, 1.82) is 0 Å². The Labute approximate surface area is 113 Å². The Balaban J connectivity index is 2.31. The van der Waals surface area contributed by atoms with Crippen molar-refractivity contribution in [3.63, 3.8) is 0 Å². The van der Waals surface area contributed by atoms with Gasteiger partial charge in [-0.2, -0.15) is 0 Å². The van der Waals surface area contributed by atoms with Crippen molar-refractivity contribution in [2.45, 2.75) is 16.7 Å². The van der Waals surface area contributed by atoms with E-state index in [0.29, 0.717) is 4.90 Å². The highest BCUT2D eigenvalue weighted by atomic mass is 32.2. The van der Waals surface area contributed by atoms with Gasteiger partial charge >= 0.3 is 5.97 Å². The lowest BCUT2D eigenvalue weighted by Gasteiger charge is -2.07. The highest BCUT2D eigenvalue weighted by Crippen LogP contribution is 2.32. The summed E-state index contributed by atoms with van der Waals surface area (Å²) in [5, 5.41) is 8.86. The van der Waals surface area contributed by atoms with Gasteiger partial charge in [0.25, 0.3) is 0 Å². The minimum absolute atomic E-state index is 0.182. The van der Waals surface area contributed by atoms with E-state index in [-0.39, 0.29) is 5.56 Å². The van der Waals surface area contributed by atoms with Crippen LogP contribution in [0.1, 0.15) is 15.9 Å². The molecule has 0 amide bonds. The molecule has 2 nitrogen and oxygen atoms in total. The maximum Gasteiger partial charge on any atom is 0.335 e. The van der Waals surface area contributed by atoms with E-state index in [1.165, 1.54) is 24.3 Å². The molecule has 5 heteroatoms.